The van der Waals surface area contributed by atoms with E-state index in [0.29, 0.717) is 5.69 Å². The van der Waals surface area contributed by atoms with E-state index in [2.05, 4.69) is 15.0 Å². The van der Waals surface area contributed by atoms with E-state index in [4.69, 9.17) is 0 Å². The highest BCUT2D eigenvalue weighted by Gasteiger charge is 2.14. The Kier molecular flexibility index (Phi) is 4.34. The minimum absolute atomic E-state index is 0.0316. The number of rotatable bonds is 4. The van der Waals surface area contributed by atoms with Crippen LogP contribution < -0.4 is 5.32 Å². The van der Waals surface area contributed by atoms with Gasteiger partial charge in [-0.05, 0) is 32.0 Å². The van der Waals surface area contributed by atoms with E-state index in [-0.39, 0.29) is 11.6 Å². The molecule has 0 saturated heterocycles. The van der Waals surface area contributed by atoms with Crippen LogP contribution in [-0.2, 0) is 4.74 Å². The number of esters is 1. The Morgan fingerprint density at radius 2 is 2.25 bits per heavy atom. The second-order valence-electron chi connectivity index (χ2n) is 4.34. The summed E-state index contributed by atoms with van der Waals surface area (Å²) in [4.78, 5) is 15.8. The van der Waals surface area contributed by atoms with Gasteiger partial charge in [0.2, 0.25) is 0 Å². The number of hydrogen-bond donors (Lipinski definition) is 1. The number of anilines is 1. The van der Waals surface area contributed by atoms with Crippen molar-refractivity contribution < 1.29 is 13.9 Å². The van der Waals surface area contributed by atoms with Crippen LogP contribution in [0.15, 0.2) is 23.6 Å². The lowest BCUT2D eigenvalue weighted by Crippen LogP contribution is -2.09. The van der Waals surface area contributed by atoms with Gasteiger partial charge in [-0.25, -0.2) is 14.2 Å². The van der Waals surface area contributed by atoms with Crippen LogP contribution >= 0.6 is 11.3 Å². The highest BCUT2D eigenvalue weighted by molar-refractivity contribution is 7.09. The molecule has 106 valence electrons. The van der Waals surface area contributed by atoms with Crippen molar-refractivity contribution in [2.24, 2.45) is 0 Å². The van der Waals surface area contributed by atoms with Crippen LogP contribution in [0.5, 0.6) is 0 Å². The Bertz CT molecular complexity index is 627. The number of nitrogens with zero attached hydrogens (tertiary/aromatic N) is 1. The van der Waals surface area contributed by atoms with Gasteiger partial charge in [-0.3, -0.25) is 0 Å². The van der Waals surface area contributed by atoms with Gasteiger partial charge in [-0.1, -0.05) is 0 Å². The first-order valence-electron chi connectivity index (χ1n) is 6.07. The number of carbonyl (C=O) groups is 1. The van der Waals surface area contributed by atoms with Crippen molar-refractivity contribution in [1.82, 2.24) is 4.98 Å². The maximum absolute atomic E-state index is 13.5. The molecule has 1 N–H and O–H groups in total. The predicted octanol–water partition coefficient (Wildman–Crippen LogP) is 3.55. The van der Waals surface area contributed by atoms with E-state index in [9.17, 15) is 9.18 Å². The maximum atomic E-state index is 13.5. The third-order valence-electron chi connectivity index (χ3n) is 2.84. The molecule has 0 amide bonds. The number of carbonyl (C=O) groups excluding carboxylic acids is 1. The molecule has 4 nitrogen and oxygen atoms in total. The SMILES string of the molecule is COC(=O)c1cc(NC(C)c2csc(C)n2)ccc1F. The zero-order valence-electron chi connectivity index (χ0n) is 11.4. The average Bonchev–Trinajstić information content (AvgIpc) is 2.87. The molecule has 0 spiro atoms. The first kappa shape index (κ1) is 14.5. The molecule has 1 heterocycles. The molecule has 0 aliphatic heterocycles. The number of halogens is 1. The summed E-state index contributed by atoms with van der Waals surface area (Å²) in [7, 11) is 1.22. The summed E-state index contributed by atoms with van der Waals surface area (Å²) in [6.45, 7) is 3.89. The number of benzene rings is 1. The molecule has 0 saturated carbocycles. The van der Waals surface area contributed by atoms with Crippen molar-refractivity contribution in [3.8, 4) is 0 Å². The molecule has 0 bridgehead atoms. The lowest BCUT2D eigenvalue weighted by molar-refractivity contribution is 0.0595. The molecule has 2 aromatic rings. The molecule has 1 atom stereocenters. The quantitative estimate of drug-likeness (QED) is 0.876. The van der Waals surface area contributed by atoms with E-state index < -0.39 is 11.8 Å². The first-order chi connectivity index (χ1) is 9.51. The van der Waals surface area contributed by atoms with Crippen molar-refractivity contribution in [2.75, 3.05) is 12.4 Å². The van der Waals surface area contributed by atoms with Crippen LogP contribution in [0.1, 0.15) is 34.0 Å². The fourth-order valence-electron chi connectivity index (χ4n) is 1.78. The summed E-state index contributed by atoms with van der Waals surface area (Å²) in [6.07, 6.45) is 0. The van der Waals surface area contributed by atoms with Gasteiger partial charge in [-0.2, -0.15) is 0 Å². The smallest absolute Gasteiger partial charge is 0.340 e. The fourth-order valence-corrected chi connectivity index (χ4v) is 2.49. The van der Waals surface area contributed by atoms with Gasteiger partial charge in [0.1, 0.15) is 5.82 Å². The van der Waals surface area contributed by atoms with Gasteiger partial charge in [0, 0.05) is 11.1 Å². The zero-order valence-corrected chi connectivity index (χ0v) is 12.3. The van der Waals surface area contributed by atoms with Gasteiger partial charge in [0.25, 0.3) is 0 Å². The van der Waals surface area contributed by atoms with Crippen LogP contribution in [-0.4, -0.2) is 18.1 Å². The summed E-state index contributed by atoms with van der Waals surface area (Å²) >= 11 is 1.57. The average molecular weight is 294 g/mol. The molecule has 0 fully saturated rings. The van der Waals surface area contributed by atoms with Crippen LogP contribution in [0.3, 0.4) is 0 Å². The second-order valence-corrected chi connectivity index (χ2v) is 5.41. The Balaban J connectivity index is 2.19. The Labute approximate surface area is 120 Å². The molecule has 1 aromatic carbocycles. The summed E-state index contributed by atoms with van der Waals surface area (Å²) < 4.78 is 18.1. The number of methoxy groups -OCH3 is 1. The fraction of sp³-hybridized carbons (Fsp3) is 0.286. The zero-order chi connectivity index (χ0) is 14.7. The number of thiazole rings is 1. The van der Waals surface area contributed by atoms with Crippen molar-refractivity contribution in [2.45, 2.75) is 19.9 Å². The maximum Gasteiger partial charge on any atom is 0.340 e. The Morgan fingerprint density at radius 1 is 1.50 bits per heavy atom. The lowest BCUT2D eigenvalue weighted by Gasteiger charge is -2.14. The number of hydrogen-bond acceptors (Lipinski definition) is 5. The summed E-state index contributed by atoms with van der Waals surface area (Å²) in [5.74, 6) is -1.29. The van der Waals surface area contributed by atoms with Gasteiger partial charge in [0.05, 0.1) is 29.4 Å². The summed E-state index contributed by atoms with van der Waals surface area (Å²) in [6, 6.07) is 4.23. The van der Waals surface area contributed by atoms with Crippen LogP contribution in [0.2, 0.25) is 0 Å². The number of nitrogens with one attached hydrogen (secondary N) is 1. The highest BCUT2D eigenvalue weighted by atomic mass is 32.1. The Morgan fingerprint density at radius 3 is 2.85 bits per heavy atom. The van der Waals surface area contributed by atoms with Crippen LogP contribution in [0, 0.1) is 12.7 Å². The molecule has 1 aromatic heterocycles. The van der Waals surface area contributed by atoms with E-state index in [1.54, 1.807) is 17.4 Å². The van der Waals surface area contributed by atoms with E-state index in [1.807, 2.05) is 19.2 Å². The van der Waals surface area contributed by atoms with E-state index in [1.165, 1.54) is 19.2 Å². The molecule has 0 aliphatic rings. The Hall–Kier alpha value is -1.95. The second kappa shape index (κ2) is 6.00. The molecule has 0 aliphatic carbocycles. The third-order valence-corrected chi connectivity index (χ3v) is 3.63. The van der Waals surface area contributed by atoms with Crippen molar-refractivity contribution in [3.63, 3.8) is 0 Å². The minimum atomic E-state index is -0.691. The molecule has 20 heavy (non-hydrogen) atoms. The van der Waals surface area contributed by atoms with Crippen LogP contribution in [0.25, 0.3) is 0 Å². The van der Waals surface area contributed by atoms with Crippen molar-refractivity contribution >= 4 is 23.0 Å². The molecule has 2 rings (SSSR count). The van der Waals surface area contributed by atoms with Crippen molar-refractivity contribution in [1.29, 1.82) is 0 Å². The van der Waals surface area contributed by atoms with Crippen molar-refractivity contribution in [3.05, 3.63) is 45.7 Å². The lowest BCUT2D eigenvalue weighted by atomic mass is 10.1. The predicted molar refractivity (Wildman–Crippen MR) is 76.6 cm³/mol. The summed E-state index contributed by atoms with van der Waals surface area (Å²) in [5, 5.41) is 6.15. The van der Waals surface area contributed by atoms with Crippen LogP contribution in [0.4, 0.5) is 10.1 Å². The summed E-state index contributed by atoms with van der Waals surface area (Å²) in [5.41, 5.74) is 1.47. The van der Waals surface area contributed by atoms with E-state index in [0.717, 1.165) is 10.7 Å². The highest BCUT2D eigenvalue weighted by Crippen LogP contribution is 2.22. The molecule has 6 heteroatoms. The van der Waals surface area contributed by atoms with Gasteiger partial charge in [-0.15, -0.1) is 11.3 Å². The molecule has 0 radical (unpaired) electrons. The third kappa shape index (κ3) is 3.14. The number of ether oxygens (including phenoxy) is 1. The van der Waals surface area contributed by atoms with E-state index >= 15 is 0 Å². The van der Waals surface area contributed by atoms with Gasteiger partial charge in [0.15, 0.2) is 0 Å². The molecular weight excluding hydrogens is 279 g/mol. The number of aromatic nitrogens is 1. The number of aryl methyl sites for hydroxylation is 1. The van der Waals surface area contributed by atoms with Gasteiger partial charge < -0.3 is 10.1 Å². The standard InChI is InChI=1S/C14H15FN2O2S/c1-8(13-7-20-9(2)17-13)16-10-4-5-12(15)11(6-10)14(18)19-3/h4-8,16H,1-3H3. The largest absolute Gasteiger partial charge is 0.465 e. The normalized spacial score (nSPS) is 12.0. The molecule has 1 unspecified atom stereocenters. The topological polar surface area (TPSA) is 51.2 Å². The van der Waals surface area contributed by atoms with Gasteiger partial charge >= 0.3 is 5.97 Å². The minimum Gasteiger partial charge on any atom is -0.465 e. The monoisotopic (exact) mass is 294 g/mol. The first-order valence-corrected chi connectivity index (χ1v) is 6.95. The molecular formula is C14H15FN2O2S.